The molecule has 0 aliphatic heterocycles. The summed E-state index contributed by atoms with van der Waals surface area (Å²) in [4.78, 5) is 24.1. The van der Waals surface area contributed by atoms with Crippen LogP contribution in [0, 0.1) is 5.92 Å². The molecule has 0 aromatic rings. The van der Waals surface area contributed by atoms with Gasteiger partial charge in [0.05, 0.1) is 6.61 Å². The quantitative estimate of drug-likeness (QED) is 0.646. The standard InChI is InChI=1S/C13H24N2O4/c1-10(12(17)18)14-13(19)15(8-9-16)7-6-11-4-2-3-5-11/h10-11,16H,2-9H2,1H3,(H,14,19)(H,17,18)/t10-/m0/s1. The van der Waals surface area contributed by atoms with Crippen molar-refractivity contribution < 1.29 is 19.8 Å². The van der Waals surface area contributed by atoms with E-state index in [4.69, 9.17) is 10.2 Å². The van der Waals surface area contributed by atoms with Crippen molar-refractivity contribution in [1.82, 2.24) is 10.2 Å². The highest BCUT2D eigenvalue weighted by Crippen LogP contribution is 2.27. The first-order chi connectivity index (χ1) is 9.04. The monoisotopic (exact) mass is 272 g/mol. The normalized spacial score (nSPS) is 17.2. The van der Waals surface area contributed by atoms with Crippen molar-refractivity contribution in [3.63, 3.8) is 0 Å². The Kier molecular flexibility index (Phi) is 6.62. The average Bonchev–Trinajstić information content (AvgIpc) is 2.87. The van der Waals surface area contributed by atoms with Gasteiger partial charge < -0.3 is 20.4 Å². The number of amides is 2. The zero-order chi connectivity index (χ0) is 14.3. The third-order valence-corrected chi connectivity index (χ3v) is 3.65. The number of urea groups is 1. The van der Waals surface area contributed by atoms with Gasteiger partial charge in [-0.1, -0.05) is 25.7 Å². The molecule has 110 valence electrons. The molecule has 1 aliphatic carbocycles. The SMILES string of the molecule is C[C@H](NC(=O)N(CCO)CCC1CCCC1)C(=O)O. The lowest BCUT2D eigenvalue weighted by molar-refractivity contribution is -0.138. The van der Waals surface area contributed by atoms with E-state index in [0.29, 0.717) is 12.5 Å². The fourth-order valence-corrected chi connectivity index (χ4v) is 2.41. The number of carbonyl (C=O) groups excluding carboxylic acids is 1. The number of rotatable bonds is 7. The zero-order valence-electron chi connectivity index (χ0n) is 11.5. The van der Waals surface area contributed by atoms with Crippen molar-refractivity contribution >= 4 is 12.0 Å². The number of carbonyl (C=O) groups is 2. The highest BCUT2D eigenvalue weighted by molar-refractivity contribution is 5.82. The van der Waals surface area contributed by atoms with Crippen molar-refractivity contribution in [2.75, 3.05) is 19.7 Å². The summed E-state index contributed by atoms with van der Waals surface area (Å²) >= 11 is 0. The van der Waals surface area contributed by atoms with E-state index < -0.39 is 18.0 Å². The van der Waals surface area contributed by atoms with Crippen molar-refractivity contribution in [2.24, 2.45) is 5.92 Å². The Morgan fingerprint density at radius 1 is 1.32 bits per heavy atom. The highest BCUT2D eigenvalue weighted by Gasteiger charge is 2.21. The lowest BCUT2D eigenvalue weighted by Crippen LogP contribution is -2.48. The van der Waals surface area contributed by atoms with Crippen LogP contribution in [0.4, 0.5) is 4.79 Å². The number of carboxylic acids is 1. The second kappa shape index (κ2) is 7.99. The van der Waals surface area contributed by atoms with Gasteiger partial charge in [-0.3, -0.25) is 4.79 Å². The van der Waals surface area contributed by atoms with E-state index >= 15 is 0 Å². The molecule has 1 saturated carbocycles. The smallest absolute Gasteiger partial charge is 0.325 e. The summed E-state index contributed by atoms with van der Waals surface area (Å²) in [6, 6.07) is -1.33. The first-order valence-electron chi connectivity index (χ1n) is 6.93. The van der Waals surface area contributed by atoms with Gasteiger partial charge in [0, 0.05) is 13.1 Å². The van der Waals surface area contributed by atoms with E-state index in [-0.39, 0.29) is 13.2 Å². The van der Waals surface area contributed by atoms with Gasteiger partial charge in [0.15, 0.2) is 0 Å². The summed E-state index contributed by atoms with van der Waals surface area (Å²) in [5.74, 6) is -0.404. The third kappa shape index (κ3) is 5.46. The van der Waals surface area contributed by atoms with Crippen LogP contribution in [0.2, 0.25) is 0 Å². The van der Waals surface area contributed by atoms with Gasteiger partial charge in [-0.25, -0.2) is 4.79 Å². The van der Waals surface area contributed by atoms with E-state index in [2.05, 4.69) is 5.32 Å². The highest BCUT2D eigenvalue weighted by atomic mass is 16.4. The minimum Gasteiger partial charge on any atom is -0.480 e. The van der Waals surface area contributed by atoms with Gasteiger partial charge >= 0.3 is 12.0 Å². The Morgan fingerprint density at radius 2 is 1.95 bits per heavy atom. The van der Waals surface area contributed by atoms with Crippen LogP contribution >= 0.6 is 0 Å². The van der Waals surface area contributed by atoms with Crippen LogP contribution in [0.1, 0.15) is 39.0 Å². The number of aliphatic hydroxyl groups excluding tert-OH is 1. The predicted octanol–water partition coefficient (Wildman–Crippen LogP) is 1.04. The number of carboxylic acid groups (broad SMARTS) is 1. The summed E-state index contributed by atoms with van der Waals surface area (Å²) in [6.07, 6.45) is 5.86. The Labute approximate surface area is 113 Å². The van der Waals surface area contributed by atoms with Crippen LogP contribution in [-0.2, 0) is 4.79 Å². The van der Waals surface area contributed by atoms with Crippen LogP contribution in [0.25, 0.3) is 0 Å². The van der Waals surface area contributed by atoms with Gasteiger partial charge in [-0.05, 0) is 19.3 Å². The molecular weight excluding hydrogens is 248 g/mol. The molecule has 6 nitrogen and oxygen atoms in total. The van der Waals surface area contributed by atoms with E-state index in [1.54, 1.807) is 0 Å². The molecule has 0 spiro atoms. The molecule has 3 N–H and O–H groups in total. The third-order valence-electron chi connectivity index (χ3n) is 3.65. The maximum absolute atomic E-state index is 11.9. The summed E-state index contributed by atoms with van der Waals surface area (Å²) in [6.45, 7) is 2.13. The summed E-state index contributed by atoms with van der Waals surface area (Å²) in [5.41, 5.74) is 0. The maximum atomic E-state index is 11.9. The first-order valence-corrected chi connectivity index (χ1v) is 6.93. The number of hydrogen-bond donors (Lipinski definition) is 3. The van der Waals surface area contributed by atoms with Gasteiger partial charge in [-0.15, -0.1) is 0 Å². The molecule has 0 aromatic carbocycles. The first kappa shape index (κ1) is 15.8. The van der Waals surface area contributed by atoms with E-state index in [1.165, 1.54) is 37.5 Å². The Bertz CT molecular complexity index is 303. The molecule has 0 unspecified atom stereocenters. The number of aliphatic hydroxyl groups is 1. The van der Waals surface area contributed by atoms with E-state index in [0.717, 1.165) is 6.42 Å². The molecular formula is C13H24N2O4. The summed E-state index contributed by atoms with van der Waals surface area (Å²) in [7, 11) is 0. The largest absolute Gasteiger partial charge is 0.480 e. The molecule has 0 aromatic heterocycles. The minimum absolute atomic E-state index is 0.112. The number of nitrogens with zero attached hydrogens (tertiary/aromatic N) is 1. The Morgan fingerprint density at radius 3 is 2.47 bits per heavy atom. The molecule has 0 bridgehead atoms. The summed E-state index contributed by atoms with van der Waals surface area (Å²) < 4.78 is 0. The van der Waals surface area contributed by atoms with Gasteiger partial charge in [-0.2, -0.15) is 0 Å². The Hall–Kier alpha value is -1.30. The Balaban J connectivity index is 2.40. The molecule has 6 heteroatoms. The molecule has 0 saturated heterocycles. The van der Waals surface area contributed by atoms with Crippen LogP contribution < -0.4 is 5.32 Å². The van der Waals surface area contributed by atoms with Crippen molar-refractivity contribution in [3.8, 4) is 0 Å². The number of hydrogen-bond acceptors (Lipinski definition) is 3. The molecule has 1 rings (SSSR count). The zero-order valence-corrected chi connectivity index (χ0v) is 11.5. The molecule has 1 fully saturated rings. The van der Waals surface area contributed by atoms with Crippen molar-refractivity contribution in [1.29, 1.82) is 0 Å². The topological polar surface area (TPSA) is 89.9 Å². The fourth-order valence-electron chi connectivity index (χ4n) is 2.41. The van der Waals surface area contributed by atoms with E-state index in [1.807, 2.05) is 0 Å². The lowest BCUT2D eigenvalue weighted by Gasteiger charge is -2.24. The molecule has 0 heterocycles. The maximum Gasteiger partial charge on any atom is 0.325 e. The molecule has 0 radical (unpaired) electrons. The molecule has 1 aliphatic rings. The second-order valence-electron chi connectivity index (χ2n) is 5.16. The van der Waals surface area contributed by atoms with Gasteiger partial charge in [0.1, 0.15) is 6.04 Å². The predicted molar refractivity (Wildman–Crippen MR) is 70.9 cm³/mol. The van der Waals surface area contributed by atoms with E-state index in [9.17, 15) is 9.59 Å². The van der Waals surface area contributed by atoms with Crippen LogP contribution in [0.3, 0.4) is 0 Å². The van der Waals surface area contributed by atoms with Gasteiger partial charge in [0.2, 0.25) is 0 Å². The van der Waals surface area contributed by atoms with Gasteiger partial charge in [0.25, 0.3) is 0 Å². The average molecular weight is 272 g/mol. The van der Waals surface area contributed by atoms with Crippen LogP contribution in [-0.4, -0.2) is 52.9 Å². The summed E-state index contributed by atoms with van der Waals surface area (Å²) in [5, 5.41) is 20.2. The fraction of sp³-hybridized carbons (Fsp3) is 0.846. The van der Waals surface area contributed by atoms with Crippen molar-refractivity contribution in [3.05, 3.63) is 0 Å². The number of nitrogens with one attached hydrogen (secondary N) is 1. The van der Waals surface area contributed by atoms with Crippen molar-refractivity contribution in [2.45, 2.75) is 45.1 Å². The van der Waals surface area contributed by atoms with Crippen LogP contribution in [0.15, 0.2) is 0 Å². The molecule has 19 heavy (non-hydrogen) atoms. The molecule has 1 atom stereocenters. The minimum atomic E-state index is -1.06. The lowest BCUT2D eigenvalue weighted by atomic mass is 10.0. The van der Waals surface area contributed by atoms with Crippen LogP contribution in [0.5, 0.6) is 0 Å². The molecule has 2 amide bonds. The number of aliphatic carboxylic acids is 1. The second-order valence-corrected chi connectivity index (χ2v) is 5.16.